The molecular weight excluding hydrogens is 472 g/mol. The number of carbonyl (C=O) groups is 1. The van der Waals surface area contributed by atoms with E-state index in [1.165, 1.54) is 4.31 Å². The average Bonchev–Trinajstić information content (AvgIpc) is 3.40. The van der Waals surface area contributed by atoms with Crippen molar-refractivity contribution in [3.05, 3.63) is 64.9 Å². The maximum absolute atomic E-state index is 13.7. The molecule has 1 aromatic carbocycles. The van der Waals surface area contributed by atoms with E-state index in [2.05, 4.69) is 5.16 Å². The zero-order valence-electron chi connectivity index (χ0n) is 18.9. The largest absolute Gasteiger partial charge is 0.360 e. The van der Waals surface area contributed by atoms with Crippen molar-refractivity contribution in [3.8, 4) is 10.6 Å². The molecule has 176 valence electrons. The van der Waals surface area contributed by atoms with Crippen LogP contribution >= 0.6 is 11.3 Å². The molecule has 0 atom stereocenters. The Labute approximate surface area is 201 Å². The number of rotatable bonds is 4. The van der Waals surface area contributed by atoms with Crippen LogP contribution in [-0.2, 0) is 10.0 Å². The summed E-state index contributed by atoms with van der Waals surface area (Å²) in [7, 11) is -3.76. The zero-order valence-corrected chi connectivity index (χ0v) is 20.5. The van der Waals surface area contributed by atoms with E-state index < -0.39 is 10.0 Å². The monoisotopic (exact) mass is 496 g/mol. The molecular formula is C24H24N4O4S2. The van der Waals surface area contributed by atoms with Gasteiger partial charge in [0.15, 0.2) is 5.76 Å². The van der Waals surface area contributed by atoms with E-state index in [9.17, 15) is 13.2 Å². The lowest BCUT2D eigenvalue weighted by molar-refractivity contribution is 0.0766. The number of thiophene rings is 1. The van der Waals surface area contributed by atoms with Crippen LogP contribution in [0.5, 0.6) is 0 Å². The third kappa shape index (κ3) is 4.02. The Morgan fingerprint density at radius 1 is 1.06 bits per heavy atom. The van der Waals surface area contributed by atoms with E-state index in [0.29, 0.717) is 37.3 Å². The van der Waals surface area contributed by atoms with Crippen LogP contribution in [0.3, 0.4) is 0 Å². The Bertz CT molecular complexity index is 1440. The van der Waals surface area contributed by atoms with Gasteiger partial charge in [-0.2, -0.15) is 4.31 Å². The van der Waals surface area contributed by atoms with Crippen molar-refractivity contribution in [2.45, 2.75) is 25.2 Å². The van der Waals surface area contributed by atoms with Crippen molar-refractivity contribution in [1.29, 1.82) is 0 Å². The van der Waals surface area contributed by atoms with Gasteiger partial charge < -0.3 is 9.42 Å². The van der Waals surface area contributed by atoms with Crippen LogP contribution < -0.4 is 0 Å². The smallest absolute Gasteiger partial charge is 0.254 e. The highest BCUT2D eigenvalue weighted by molar-refractivity contribution is 7.89. The molecule has 1 fully saturated rings. The van der Waals surface area contributed by atoms with Crippen LogP contribution in [0.25, 0.3) is 21.5 Å². The second-order valence-electron chi connectivity index (χ2n) is 8.25. The van der Waals surface area contributed by atoms with Crippen molar-refractivity contribution < 1.29 is 17.7 Å². The van der Waals surface area contributed by atoms with Gasteiger partial charge in [-0.05, 0) is 43.8 Å². The number of nitrogens with zero attached hydrogens (tertiary/aromatic N) is 4. The van der Waals surface area contributed by atoms with Gasteiger partial charge in [0.2, 0.25) is 10.0 Å². The number of hydrogen-bond donors (Lipinski definition) is 0. The lowest BCUT2D eigenvalue weighted by atomic mass is 10.1. The standard InChI is InChI=1S/C24H24N4O4S2/c1-16-23(17(2)32-26-16)34(30,31)28-11-6-10-27(12-13-28)24(29)19-15-21(22-9-5-14-33-22)25-20-8-4-3-7-18(19)20/h3-5,7-9,14-15H,6,10-13H2,1-2H3. The Hall–Kier alpha value is -3.08. The molecule has 34 heavy (non-hydrogen) atoms. The SMILES string of the molecule is Cc1noc(C)c1S(=O)(=O)N1CCCN(C(=O)c2cc(-c3cccs3)nc3ccccc23)CC1. The molecule has 0 aliphatic carbocycles. The molecule has 10 heteroatoms. The summed E-state index contributed by atoms with van der Waals surface area (Å²) in [6, 6.07) is 13.4. The summed E-state index contributed by atoms with van der Waals surface area (Å²) in [5, 5.41) is 6.56. The Morgan fingerprint density at radius 3 is 2.62 bits per heavy atom. The van der Waals surface area contributed by atoms with Crippen LogP contribution in [-0.4, -0.2) is 59.8 Å². The van der Waals surface area contributed by atoms with E-state index in [0.717, 1.165) is 21.5 Å². The highest BCUT2D eigenvalue weighted by Gasteiger charge is 2.33. The highest BCUT2D eigenvalue weighted by atomic mass is 32.2. The second-order valence-corrected chi connectivity index (χ2v) is 11.1. The second kappa shape index (κ2) is 8.94. The number of pyridine rings is 1. The third-order valence-electron chi connectivity index (χ3n) is 6.03. The molecule has 1 aliphatic rings. The molecule has 0 saturated carbocycles. The summed E-state index contributed by atoms with van der Waals surface area (Å²) in [5.41, 5.74) is 2.44. The van der Waals surface area contributed by atoms with E-state index in [-0.39, 0.29) is 23.1 Å². The first-order chi connectivity index (χ1) is 16.4. The number of benzene rings is 1. The molecule has 0 N–H and O–H groups in total. The summed E-state index contributed by atoms with van der Waals surface area (Å²) in [6.45, 7) is 4.52. The van der Waals surface area contributed by atoms with Gasteiger partial charge in [-0.15, -0.1) is 11.3 Å². The van der Waals surface area contributed by atoms with E-state index >= 15 is 0 Å². The summed E-state index contributed by atoms with van der Waals surface area (Å²) in [4.78, 5) is 21.3. The molecule has 8 nitrogen and oxygen atoms in total. The van der Waals surface area contributed by atoms with Crippen molar-refractivity contribution in [1.82, 2.24) is 19.3 Å². The molecule has 0 bridgehead atoms. The summed E-state index contributed by atoms with van der Waals surface area (Å²) in [5.74, 6) is 0.159. The van der Waals surface area contributed by atoms with Gasteiger partial charge in [0.25, 0.3) is 5.91 Å². The number of aryl methyl sites for hydroxylation is 2. The van der Waals surface area contributed by atoms with Gasteiger partial charge in [0, 0.05) is 31.6 Å². The number of para-hydroxylation sites is 1. The highest BCUT2D eigenvalue weighted by Crippen LogP contribution is 2.29. The molecule has 0 radical (unpaired) electrons. The number of aromatic nitrogens is 2. The van der Waals surface area contributed by atoms with Gasteiger partial charge >= 0.3 is 0 Å². The molecule has 0 spiro atoms. The van der Waals surface area contributed by atoms with Gasteiger partial charge in [-0.3, -0.25) is 4.79 Å². The van der Waals surface area contributed by atoms with Crippen LogP contribution in [0.1, 0.15) is 28.2 Å². The van der Waals surface area contributed by atoms with Crippen molar-refractivity contribution in [2.24, 2.45) is 0 Å². The first kappa shape index (κ1) is 22.7. The quantitative estimate of drug-likeness (QED) is 0.422. The molecule has 4 heterocycles. The Morgan fingerprint density at radius 2 is 1.88 bits per heavy atom. The number of hydrogen-bond acceptors (Lipinski definition) is 7. The summed E-state index contributed by atoms with van der Waals surface area (Å²) >= 11 is 1.57. The minimum atomic E-state index is -3.76. The number of carbonyl (C=O) groups excluding carboxylic acids is 1. The molecule has 1 amide bonds. The average molecular weight is 497 g/mol. The van der Waals surface area contributed by atoms with E-state index in [1.807, 2.05) is 47.8 Å². The first-order valence-electron chi connectivity index (χ1n) is 11.0. The number of sulfonamides is 1. The summed E-state index contributed by atoms with van der Waals surface area (Å²) < 4.78 is 33.0. The minimum absolute atomic E-state index is 0.118. The van der Waals surface area contributed by atoms with Gasteiger partial charge in [-0.1, -0.05) is 29.4 Å². The fraction of sp³-hybridized carbons (Fsp3) is 0.292. The molecule has 4 aromatic rings. The molecule has 1 saturated heterocycles. The lowest BCUT2D eigenvalue weighted by Crippen LogP contribution is -2.37. The topological polar surface area (TPSA) is 96.6 Å². The molecule has 0 unspecified atom stereocenters. The van der Waals surface area contributed by atoms with Crippen molar-refractivity contribution in [3.63, 3.8) is 0 Å². The Balaban J connectivity index is 1.44. The first-order valence-corrected chi connectivity index (χ1v) is 13.3. The van der Waals surface area contributed by atoms with E-state index in [1.54, 1.807) is 30.1 Å². The normalized spacial score (nSPS) is 15.5. The van der Waals surface area contributed by atoms with Crippen LogP contribution in [0, 0.1) is 13.8 Å². The molecule has 5 rings (SSSR count). The molecule has 3 aromatic heterocycles. The predicted octanol–water partition coefficient (Wildman–Crippen LogP) is 4.10. The summed E-state index contributed by atoms with van der Waals surface area (Å²) in [6.07, 6.45) is 0.537. The third-order valence-corrected chi connectivity index (χ3v) is 9.06. The fourth-order valence-corrected chi connectivity index (χ4v) is 6.83. The van der Waals surface area contributed by atoms with Gasteiger partial charge in [0.05, 0.1) is 21.7 Å². The van der Waals surface area contributed by atoms with Crippen molar-refractivity contribution >= 4 is 38.2 Å². The van der Waals surface area contributed by atoms with Gasteiger partial charge in [-0.25, -0.2) is 13.4 Å². The number of amides is 1. The maximum atomic E-state index is 13.7. The molecule has 1 aliphatic heterocycles. The van der Waals surface area contributed by atoms with Crippen LogP contribution in [0.4, 0.5) is 0 Å². The fourth-order valence-electron chi connectivity index (χ4n) is 4.38. The van der Waals surface area contributed by atoms with Crippen LogP contribution in [0.2, 0.25) is 0 Å². The predicted molar refractivity (Wildman–Crippen MR) is 130 cm³/mol. The Kier molecular flexibility index (Phi) is 5.97. The van der Waals surface area contributed by atoms with E-state index in [4.69, 9.17) is 9.51 Å². The van der Waals surface area contributed by atoms with Crippen LogP contribution in [0.15, 0.2) is 57.3 Å². The van der Waals surface area contributed by atoms with Crippen molar-refractivity contribution in [2.75, 3.05) is 26.2 Å². The van der Waals surface area contributed by atoms with Gasteiger partial charge in [0.1, 0.15) is 10.6 Å². The minimum Gasteiger partial charge on any atom is -0.360 e. The number of fused-ring (bicyclic) bond motifs is 1. The zero-order chi connectivity index (χ0) is 23.9. The lowest BCUT2D eigenvalue weighted by Gasteiger charge is -2.22. The maximum Gasteiger partial charge on any atom is 0.254 e.